The van der Waals surface area contributed by atoms with E-state index < -0.39 is 0 Å². The molecule has 0 spiro atoms. The normalized spacial score (nSPS) is 16.9. The number of benzene rings is 1. The first-order valence-electron chi connectivity index (χ1n) is 7.60. The molecule has 1 fully saturated rings. The van der Waals surface area contributed by atoms with Crippen molar-refractivity contribution in [3.05, 3.63) is 30.4 Å². The lowest BCUT2D eigenvalue weighted by molar-refractivity contribution is 0.168. The van der Waals surface area contributed by atoms with Gasteiger partial charge in [-0.25, -0.2) is 0 Å². The van der Waals surface area contributed by atoms with Gasteiger partial charge in [0.15, 0.2) is 0 Å². The molecule has 5 heteroatoms. The third kappa shape index (κ3) is 3.54. The molecule has 0 aromatic heterocycles. The topological polar surface area (TPSA) is 43.0 Å². The van der Waals surface area contributed by atoms with Gasteiger partial charge >= 0.3 is 0 Å². The minimum absolute atomic E-state index is 0.190. The van der Waals surface area contributed by atoms with E-state index in [0.29, 0.717) is 0 Å². The molecule has 0 aliphatic carbocycles. The summed E-state index contributed by atoms with van der Waals surface area (Å²) in [6.45, 7) is 7.90. The summed E-state index contributed by atoms with van der Waals surface area (Å²) in [6.07, 6.45) is 2.80. The Labute approximate surface area is 132 Å². The monoisotopic (exact) mass is 306 g/mol. The average molecular weight is 306 g/mol. The summed E-state index contributed by atoms with van der Waals surface area (Å²) in [6, 6.07) is 4.02. The first-order valence-corrected chi connectivity index (χ1v) is 7.60. The molecule has 0 radical (unpaired) electrons. The van der Waals surface area contributed by atoms with E-state index in [2.05, 4.69) is 16.8 Å². The van der Waals surface area contributed by atoms with E-state index in [9.17, 15) is 0 Å². The summed E-state index contributed by atoms with van der Waals surface area (Å²) >= 11 is 0. The quantitative estimate of drug-likeness (QED) is 0.783. The van der Waals surface area contributed by atoms with Crippen LogP contribution in [0, 0.1) is 0 Å². The van der Waals surface area contributed by atoms with Gasteiger partial charge in [0.05, 0.1) is 26.9 Å². The lowest BCUT2D eigenvalue weighted by Crippen LogP contribution is -2.45. The molecule has 2 rings (SSSR count). The Morgan fingerprint density at radius 1 is 1.14 bits per heavy atom. The molecule has 1 saturated heterocycles. The van der Waals surface area contributed by atoms with Crippen molar-refractivity contribution in [1.29, 1.82) is 0 Å². The van der Waals surface area contributed by atoms with E-state index in [1.807, 2.05) is 18.2 Å². The number of ether oxygens (including phenoxy) is 3. The van der Waals surface area contributed by atoms with Gasteiger partial charge in [-0.15, -0.1) is 6.58 Å². The number of hydrogen-bond acceptors (Lipinski definition) is 5. The summed E-state index contributed by atoms with van der Waals surface area (Å²) in [7, 11) is 5.01. The van der Waals surface area contributed by atoms with Crippen molar-refractivity contribution < 1.29 is 14.2 Å². The zero-order chi connectivity index (χ0) is 15.9. The summed E-state index contributed by atoms with van der Waals surface area (Å²) < 4.78 is 16.6. The van der Waals surface area contributed by atoms with Crippen LogP contribution in [0.2, 0.25) is 0 Å². The standard InChI is InChI=1S/C17H26N2O3/c1-5-6-14(19-9-7-18-8-10-19)17-15(21-3)11-13(20-2)12-16(17)22-4/h5,11-12,14,18H,1,6-10H2,2-4H3/t14-/m0/s1. The summed E-state index contributed by atoms with van der Waals surface area (Å²) in [5.41, 5.74) is 1.06. The van der Waals surface area contributed by atoms with Gasteiger partial charge < -0.3 is 19.5 Å². The molecule has 0 bridgehead atoms. The molecule has 5 nitrogen and oxygen atoms in total. The second-order valence-corrected chi connectivity index (χ2v) is 5.27. The molecule has 1 atom stereocenters. The van der Waals surface area contributed by atoms with Crippen LogP contribution in [-0.4, -0.2) is 52.4 Å². The first-order chi connectivity index (χ1) is 10.7. The van der Waals surface area contributed by atoms with Gasteiger partial charge in [-0.1, -0.05) is 6.08 Å². The maximum absolute atomic E-state index is 5.61. The lowest BCUT2D eigenvalue weighted by atomic mass is 9.98. The average Bonchev–Trinajstić information content (AvgIpc) is 2.59. The predicted molar refractivity (Wildman–Crippen MR) is 88.1 cm³/mol. The molecule has 1 aliphatic heterocycles. The zero-order valence-corrected chi connectivity index (χ0v) is 13.7. The third-order valence-electron chi connectivity index (χ3n) is 4.07. The van der Waals surface area contributed by atoms with Crippen molar-refractivity contribution in [3.8, 4) is 17.2 Å². The second-order valence-electron chi connectivity index (χ2n) is 5.27. The highest BCUT2D eigenvalue weighted by Crippen LogP contribution is 2.42. The largest absolute Gasteiger partial charge is 0.496 e. The molecule has 1 heterocycles. The zero-order valence-electron chi connectivity index (χ0n) is 13.7. The molecule has 122 valence electrons. The Kier molecular flexibility index (Phi) is 6.10. The molecule has 22 heavy (non-hydrogen) atoms. The highest BCUT2D eigenvalue weighted by Gasteiger charge is 2.27. The summed E-state index contributed by atoms with van der Waals surface area (Å²) in [5.74, 6) is 2.32. The Morgan fingerprint density at radius 2 is 1.73 bits per heavy atom. The smallest absolute Gasteiger partial charge is 0.131 e. The Balaban J connectivity index is 2.46. The van der Waals surface area contributed by atoms with Gasteiger partial charge in [-0.3, -0.25) is 4.90 Å². The van der Waals surface area contributed by atoms with Crippen molar-refractivity contribution in [3.63, 3.8) is 0 Å². The van der Waals surface area contributed by atoms with Crippen LogP contribution < -0.4 is 19.5 Å². The van der Waals surface area contributed by atoms with Crippen LogP contribution in [0.25, 0.3) is 0 Å². The van der Waals surface area contributed by atoms with Gasteiger partial charge in [-0.05, 0) is 6.42 Å². The lowest BCUT2D eigenvalue weighted by Gasteiger charge is -2.36. The molecule has 1 N–H and O–H groups in total. The molecular weight excluding hydrogens is 280 g/mol. The Bertz CT molecular complexity index is 474. The number of hydrogen-bond donors (Lipinski definition) is 1. The fourth-order valence-electron chi connectivity index (χ4n) is 2.96. The highest BCUT2D eigenvalue weighted by atomic mass is 16.5. The van der Waals surface area contributed by atoms with Crippen molar-refractivity contribution in [2.75, 3.05) is 47.5 Å². The molecular formula is C17H26N2O3. The van der Waals surface area contributed by atoms with Crippen molar-refractivity contribution in [2.45, 2.75) is 12.5 Å². The van der Waals surface area contributed by atoms with Crippen LogP contribution >= 0.6 is 0 Å². The highest BCUT2D eigenvalue weighted by molar-refractivity contribution is 5.52. The maximum atomic E-state index is 5.61. The van der Waals surface area contributed by atoms with Gasteiger partial charge in [0.25, 0.3) is 0 Å². The van der Waals surface area contributed by atoms with E-state index in [4.69, 9.17) is 14.2 Å². The number of nitrogens with one attached hydrogen (secondary N) is 1. The van der Waals surface area contributed by atoms with Gasteiger partial charge in [-0.2, -0.15) is 0 Å². The fraction of sp³-hybridized carbons (Fsp3) is 0.529. The van der Waals surface area contributed by atoms with Gasteiger partial charge in [0, 0.05) is 44.4 Å². The Hall–Kier alpha value is -1.72. The maximum Gasteiger partial charge on any atom is 0.131 e. The second kappa shape index (κ2) is 8.06. The molecule has 1 aromatic carbocycles. The number of piperazine rings is 1. The van der Waals surface area contributed by atoms with Crippen LogP contribution in [0.4, 0.5) is 0 Å². The van der Waals surface area contributed by atoms with E-state index in [0.717, 1.165) is 55.4 Å². The Morgan fingerprint density at radius 3 is 2.18 bits per heavy atom. The van der Waals surface area contributed by atoms with Crippen molar-refractivity contribution in [2.24, 2.45) is 0 Å². The summed E-state index contributed by atoms with van der Waals surface area (Å²) in [4.78, 5) is 2.45. The molecule has 0 amide bonds. The minimum atomic E-state index is 0.190. The van der Waals surface area contributed by atoms with Crippen LogP contribution in [0.5, 0.6) is 17.2 Å². The molecule has 1 aliphatic rings. The van der Waals surface area contributed by atoms with Gasteiger partial charge in [0.2, 0.25) is 0 Å². The number of rotatable bonds is 7. The molecule has 1 aromatic rings. The van der Waals surface area contributed by atoms with E-state index >= 15 is 0 Å². The van der Waals surface area contributed by atoms with E-state index in [-0.39, 0.29) is 6.04 Å². The van der Waals surface area contributed by atoms with Crippen molar-refractivity contribution >= 4 is 0 Å². The van der Waals surface area contributed by atoms with E-state index in [1.54, 1.807) is 21.3 Å². The van der Waals surface area contributed by atoms with E-state index in [1.165, 1.54) is 0 Å². The van der Waals surface area contributed by atoms with Gasteiger partial charge in [0.1, 0.15) is 17.2 Å². The van der Waals surface area contributed by atoms with Crippen LogP contribution in [0.1, 0.15) is 18.0 Å². The third-order valence-corrected chi connectivity index (χ3v) is 4.07. The van der Waals surface area contributed by atoms with Crippen molar-refractivity contribution in [1.82, 2.24) is 10.2 Å². The summed E-state index contributed by atoms with van der Waals surface area (Å²) in [5, 5.41) is 3.39. The minimum Gasteiger partial charge on any atom is -0.496 e. The first kappa shape index (κ1) is 16.6. The van der Waals surface area contributed by atoms with Crippen LogP contribution in [0.15, 0.2) is 24.8 Å². The molecule has 0 saturated carbocycles. The number of methoxy groups -OCH3 is 3. The van der Waals surface area contributed by atoms with Crippen LogP contribution in [-0.2, 0) is 0 Å². The number of nitrogens with zero attached hydrogens (tertiary/aromatic N) is 1. The SMILES string of the molecule is C=CC[C@@H](c1c(OC)cc(OC)cc1OC)N1CCNCC1. The van der Waals surface area contributed by atoms with Crippen LogP contribution in [0.3, 0.4) is 0 Å². The predicted octanol–water partition coefficient (Wildman–Crippen LogP) is 2.23. The fourth-order valence-corrected chi connectivity index (χ4v) is 2.96. The molecule has 0 unspecified atom stereocenters.